The fourth-order valence-electron chi connectivity index (χ4n) is 4.33. The van der Waals surface area contributed by atoms with Crippen LogP contribution in [0.2, 0.25) is 0 Å². The zero-order chi connectivity index (χ0) is 20.4. The highest BCUT2D eigenvalue weighted by Gasteiger charge is 2.28. The van der Waals surface area contributed by atoms with Gasteiger partial charge in [0.15, 0.2) is 0 Å². The van der Waals surface area contributed by atoms with Crippen LogP contribution in [0.1, 0.15) is 38.2 Å². The number of para-hydroxylation sites is 1. The van der Waals surface area contributed by atoms with E-state index in [2.05, 4.69) is 11.1 Å². The van der Waals surface area contributed by atoms with Crippen LogP contribution in [-0.2, 0) is 16.0 Å². The number of aromatic nitrogens is 1. The number of nitrogens with zero attached hydrogens (tertiary/aromatic N) is 3. The van der Waals surface area contributed by atoms with Crippen molar-refractivity contribution < 1.29 is 14.3 Å². The lowest BCUT2D eigenvalue weighted by molar-refractivity contribution is -0.132. The molecule has 152 valence electrons. The zero-order valence-corrected chi connectivity index (χ0v) is 17.1. The minimum Gasteiger partial charge on any atom is -0.490 e. The summed E-state index contributed by atoms with van der Waals surface area (Å²) in [6.45, 7) is 3.19. The first-order chi connectivity index (χ1) is 14.1. The van der Waals surface area contributed by atoms with E-state index >= 15 is 0 Å². The molecule has 1 aromatic heterocycles. The van der Waals surface area contributed by atoms with Crippen molar-refractivity contribution in [2.75, 3.05) is 25.1 Å². The quantitative estimate of drug-likeness (QED) is 0.781. The number of rotatable bonds is 5. The molecule has 0 radical (unpaired) electrons. The average Bonchev–Trinajstić information content (AvgIpc) is 3.23. The van der Waals surface area contributed by atoms with E-state index in [4.69, 9.17) is 4.74 Å². The molecule has 0 unspecified atom stereocenters. The van der Waals surface area contributed by atoms with Gasteiger partial charge in [0.25, 0.3) is 0 Å². The Morgan fingerprint density at radius 3 is 2.97 bits per heavy atom. The molecule has 0 bridgehead atoms. The van der Waals surface area contributed by atoms with Crippen molar-refractivity contribution in [1.29, 1.82) is 0 Å². The molecule has 1 fully saturated rings. The number of anilines is 1. The van der Waals surface area contributed by atoms with Gasteiger partial charge in [0.1, 0.15) is 12.4 Å². The molecule has 2 aliphatic rings. The molecule has 2 aromatic rings. The molecule has 29 heavy (non-hydrogen) atoms. The molecule has 4 rings (SSSR count). The first-order valence-corrected chi connectivity index (χ1v) is 10.3. The number of carbonyl (C=O) groups excluding carboxylic acids is 2. The monoisotopic (exact) mass is 393 g/mol. The molecule has 1 aromatic carbocycles. The number of hydrogen-bond donors (Lipinski definition) is 0. The summed E-state index contributed by atoms with van der Waals surface area (Å²) in [5.74, 6) is 1.000. The molecule has 6 heteroatoms. The summed E-state index contributed by atoms with van der Waals surface area (Å²) in [7, 11) is 1.83. The number of carbonyl (C=O) groups is 2. The van der Waals surface area contributed by atoms with Crippen LogP contribution in [-0.4, -0.2) is 47.9 Å². The van der Waals surface area contributed by atoms with Gasteiger partial charge in [0.05, 0.1) is 17.9 Å². The van der Waals surface area contributed by atoms with Gasteiger partial charge in [0.2, 0.25) is 11.8 Å². The smallest absolute Gasteiger partial charge is 0.227 e. The van der Waals surface area contributed by atoms with Crippen molar-refractivity contribution in [3.05, 3.63) is 42.2 Å². The second-order valence-electron chi connectivity index (χ2n) is 7.72. The molecule has 2 amide bonds. The van der Waals surface area contributed by atoms with E-state index in [0.29, 0.717) is 25.2 Å². The van der Waals surface area contributed by atoms with E-state index in [1.54, 1.807) is 17.3 Å². The molecule has 0 spiro atoms. The van der Waals surface area contributed by atoms with Gasteiger partial charge in [-0.2, -0.15) is 0 Å². The van der Waals surface area contributed by atoms with Gasteiger partial charge in [-0.3, -0.25) is 14.6 Å². The van der Waals surface area contributed by atoms with Crippen LogP contribution >= 0.6 is 0 Å². The fraction of sp³-hybridized carbons (Fsp3) is 0.435. The third kappa shape index (κ3) is 3.84. The highest BCUT2D eigenvalue weighted by molar-refractivity contribution is 6.00. The van der Waals surface area contributed by atoms with Crippen LogP contribution in [0.3, 0.4) is 0 Å². The Morgan fingerprint density at radius 1 is 1.28 bits per heavy atom. The largest absolute Gasteiger partial charge is 0.490 e. The lowest BCUT2D eigenvalue weighted by Crippen LogP contribution is -2.38. The molecule has 0 saturated carbocycles. The van der Waals surface area contributed by atoms with Gasteiger partial charge < -0.3 is 14.5 Å². The first kappa shape index (κ1) is 19.4. The molecule has 1 atom stereocenters. The van der Waals surface area contributed by atoms with E-state index < -0.39 is 0 Å². The molecule has 6 nitrogen and oxygen atoms in total. The summed E-state index contributed by atoms with van der Waals surface area (Å²) < 4.78 is 6.03. The topological polar surface area (TPSA) is 62.7 Å². The summed E-state index contributed by atoms with van der Waals surface area (Å²) in [5.41, 5.74) is 4.04. The van der Waals surface area contributed by atoms with E-state index in [9.17, 15) is 9.59 Å². The van der Waals surface area contributed by atoms with Crippen molar-refractivity contribution >= 4 is 17.5 Å². The number of likely N-dealkylation sites (tertiary alicyclic amines) is 1. The van der Waals surface area contributed by atoms with Gasteiger partial charge >= 0.3 is 0 Å². The lowest BCUT2D eigenvalue weighted by atomic mass is 9.94. The van der Waals surface area contributed by atoms with Crippen molar-refractivity contribution in [2.24, 2.45) is 0 Å². The van der Waals surface area contributed by atoms with Gasteiger partial charge in [-0.05, 0) is 30.9 Å². The Labute approximate surface area is 171 Å². The van der Waals surface area contributed by atoms with E-state index in [0.717, 1.165) is 42.6 Å². The highest BCUT2D eigenvalue weighted by Crippen LogP contribution is 2.37. The van der Waals surface area contributed by atoms with Gasteiger partial charge in [-0.1, -0.05) is 25.1 Å². The fourth-order valence-corrected chi connectivity index (χ4v) is 4.33. The Kier molecular flexibility index (Phi) is 5.51. The molecule has 0 aliphatic carbocycles. The van der Waals surface area contributed by atoms with E-state index in [1.165, 1.54) is 5.56 Å². The van der Waals surface area contributed by atoms with Crippen LogP contribution in [0.15, 0.2) is 36.7 Å². The first-order valence-electron chi connectivity index (χ1n) is 10.3. The van der Waals surface area contributed by atoms with Gasteiger partial charge in [-0.25, -0.2) is 0 Å². The third-order valence-corrected chi connectivity index (χ3v) is 5.90. The zero-order valence-electron chi connectivity index (χ0n) is 17.1. The Bertz CT molecular complexity index is 927. The molecule has 0 N–H and O–H groups in total. The second-order valence-corrected chi connectivity index (χ2v) is 7.72. The van der Waals surface area contributed by atoms with Crippen molar-refractivity contribution in [3.63, 3.8) is 0 Å². The maximum Gasteiger partial charge on any atom is 0.227 e. The Morgan fingerprint density at radius 2 is 2.14 bits per heavy atom. The average molecular weight is 393 g/mol. The van der Waals surface area contributed by atoms with Crippen LogP contribution in [0, 0.1) is 0 Å². The third-order valence-electron chi connectivity index (χ3n) is 5.90. The van der Waals surface area contributed by atoms with Crippen LogP contribution in [0.25, 0.3) is 11.1 Å². The standard InChI is InChI=1S/C23H27N3O3/c1-3-21(27)26-11-5-7-18(26)15-29-19-12-17(13-24-14-19)20-8-4-6-16-9-10-22(28)25(2)23(16)20/h4,6,8,12-14,18H,3,5,7,9-11,15H2,1-2H3/t18-/m0/s1. The van der Waals surface area contributed by atoms with E-state index in [-0.39, 0.29) is 17.9 Å². The molecular weight excluding hydrogens is 366 g/mol. The summed E-state index contributed by atoms with van der Waals surface area (Å²) in [6.07, 6.45) is 7.33. The van der Waals surface area contributed by atoms with Crippen molar-refractivity contribution in [1.82, 2.24) is 9.88 Å². The Balaban J connectivity index is 1.55. The number of ether oxygens (including phenoxy) is 1. The summed E-state index contributed by atoms with van der Waals surface area (Å²) in [4.78, 5) is 32.4. The maximum absolute atomic E-state index is 12.2. The molecular formula is C23H27N3O3. The molecule has 3 heterocycles. The summed E-state index contributed by atoms with van der Waals surface area (Å²) in [6, 6.07) is 8.22. The number of aryl methyl sites for hydroxylation is 1. The molecule has 2 aliphatic heterocycles. The predicted molar refractivity (Wildman–Crippen MR) is 112 cm³/mol. The maximum atomic E-state index is 12.2. The minimum absolute atomic E-state index is 0.124. The summed E-state index contributed by atoms with van der Waals surface area (Å²) >= 11 is 0. The predicted octanol–water partition coefficient (Wildman–Crippen LogP) is 3.44. The second kappa shape index (κ2) is 8.23. The SMILES string of the molecule is CCC(=O)N1CCC[C@H]1COc1cncc(-c2cccc3c2N(C)C(=O)CC3)c1. The van der Waals surface area contributed by atoms with Gasteiger partial charge in [0, 0.05) is 43.8 Å². The highest BCUT2D eigenvalue weighted by atomic mass is 16.5. The lowest BCUT2D eigenvalue weighted by Gasteiger charge is -2.28. The minimum atomic E-state index is 0.124. The van der Waals surface area contributed by atoms with Gasteiger partial charge in [-0.15, -0.1) is 0 Å². The van der Waals surface area contributed by atoms with E-state index in [1.807, 2.05) is 37.1 Å². The number of fused-ring (bicyclic) bond motifs is 1. The van der Waals surface area contributed by atoms with Crippen LogP contribution in [0.4, 0.5) is 5.69 Å². The van der Waals surface area contributed by atoms with Crippen molar-refractivity contribution in [3.8, 4) is 16.9 Å². The van der Waals surface area contributed by atoms with Crippen molar-refractivity contribution in [2.45, 2.75) is 45.1 Å². The van der Waals surface area contributed by atoms with Crippen LogP contribution < -0.4 is 9.64 Å². The number of amides is 2. The summed E-state index contributed by atoms with van der Waals surface area (Å²) in [5, 5.41) is 0. The van der Waals surface area contributed by atoms with Crippen LogP contribution in [0.5, 0.6) is 5.75 Å². The number of benzene rings is 1. The normalized spacial score (nSPS) is 18.7. The molecule has 1 saturated heterocycles. The number of hydrogen-bond acceptors (Lipinski definition) is 4. The number of pyridine rings is 1. The Hall–Kier alpha value is -2.89.